The fourth-order valence-corrected chi connectivity index (χ4v) is 4.21. The molecule has 0 N–H and O–H groups in total. The van der Waals surface area contributed by atoms with E-state index in [4.69, 9.17) is 18.6 Å². The van der Waals surface area contributed by atoms with Crippen LogP contribution >= 0.6 is 0 Å². The van der Waals surface area contributed by atoms with E-state index < -0.39 is 23.7 Å². The number of ether oxygens (including phenoxy) is 3. The Hall–Kier alpha value is -3.09. The van der Waals surface area contributed by atoms with E-state index in [1.807, 2.05) is 40.7 Å². The molecule has 7 nitrogen and oxygen atoms in total. The monoisotopic (exact) mass is 456 g/mol. The van der Waals surface area contributed by atoms with Crippen LogP contribution in [0.15, 0.2) is 26.9 Å². The minimum absolute atomic E-state index is 0.133. The zero-order chi connectivity index (χ0) is 24.4. The molecular weight excluding hydrogens is 424 g/mol. The second-order valence-electron chi connectivity index (χ2n) is 8.78. The number of esters is 2. The van der Waals surface area contributed by atoms with E-state index in [0.717, 1.165) is 11.1 Å². The largest absolute Gasteiger partial charge is 0.484 e. The first-order chi connectivity index (χ1) is 15.6. The van der Waals surface area contributed by atoms with Crippen molar-refractivity contribution in [3.05, 3.63) is 44.8 Å². The van der Waals surface area contributed by atoms with Gasteiger partial charge < -0.3 is 18.6 Å². The van der Waals surface area contributed by atoms with E-state index in [-0.39, 0.29) is 23.4 Å². The molecule has 0 radical (unpaired) electrons. The standard InChI is InChI=1S/C26H32O7/c1-8-14(5)23(30-15(6)27)22-25(31-16(7)28)17(11-10-13(3)4)24-21-18(19(9-2)32-24)12-20(29)33-26(21)22/h10,12,14,19,23H,8-9,11H2,1-7H3. The van der Waals surface area contributed by atoms with Crippen LogP contribution in [-0.2, 0) is 20.7 Å². The number of allylic oxidation sites excluding steroid dienone is 2. The lowest BCUT2D eigenvalue weighted by atomic mass is 9.89. The van der Waals surface area contributed by atoms with Gasteiger partial charge in [-0.2, -0.15) is 0 Å². The zero-order valence-electron chi connectivity index (χ0n) is 20.4. The van der Waals surface area contributed by atoms with Crippen LogP contribution in [0.2, 0.25) is 0 Å². The van der Waals surface area contributed by atoms with E-state index in [0.29, 0.717) is 41.5 Å². The van der Waals surface area contributed by atoms with E-state index in [9.17, 15) is 14.4 Å². The quantitative estimate of drug-likeness (QED) is 0.217. The molecule has 1 aliphatic rings. The maximum absolute atomic E-state index is 12.6. The van der Waals surface area contributed by atoms with E-state index >= 15 is 0 Å². The van der Waals surface area contributed by atoms with Crippen molar-refractivity contribution in [3.63, 3.8) is 0 Å². The van der Waals surface area contributed by atoms with E-state index in [1.165, 1.54) is 19.9 Å². The first-order valence-electron chi connectivity index (χ1n) is 11.4. The van der Waals surface area contributed by atoms with Crippen LogP contribution in [0, 0.1) is 5.92 Å². The lowest BCUT2D eigenvalue weighted by Gasteiger charge is -2.27. The van der Waals surface area contributed by atoms with Gasteiger partial charge in [0.15, 0.2) is 5.58 Å². The molecule has 0 amide bonds. The highest BCUT2D eigenvalue weighted by molar-refractivity contribution is 5.96. The summed E-state index contributed by atoms with van der Waals surface area (Å²) in [6.45, 7) is 12.5. The molecule has 0 aliphatic carbocycles. The zero-order valence-corrected chi connectivity index (χ0v) is 20.4. The lowest BCUT2D eigenvalue weighted by molar-refractivity contribution is -0.149. The Bertz CT molecular complexity index is 1170. The van der Waals surface area contributed by atoms with E-state index in [2.05, 4.69) is 0 Å². The SMILES string of the molecule is CCC1Oc2c(CC=C(C)C)c(OC(C)=O)c(C(OC(C)=O)C(C)CC)c3oc(=O)cc1c23. The average Bonchev–Trinajstić information content (AvgIpc) is 3.09. The van der Waals surface area contributed by atoms with Gasteiger partial charge in [-0.05, 0) is 39.0 Å². The summed E-state index contributed by atoms with van der Waals surface area (Å²) < 4.78 is 23.5. The molecule has 1 aliphatic heterocycles. The van der Waals surface area contributed by atoms with Gasteiger partial charge in [-0.15, -0.1) is 0 Å². The van der Waals surface area contributed by atoms with Crippen LogP contribution in [0.5, 0.6) is 11.5 Å². The minimum atomic E-state index is -0.777. The molecule has 0 spiro atoms. The average molecular weight is 457 g/mol. The van der Waals surface area contributed by atoms with Gasteiger partial charge in [0.2, 0.25) is 0 Å². The number of hydrogen-bond acceptors (Lipinski definition) is 7. The fraction of sp³-hybridized carbons (Fsp3) is 0.500. The molecule has 3 rings (SSSR count). The van der Waals surface area contributed by atoms with Crippen molar-refractivity contribution in [2.45, 2.75) is 79.9 Å². The third-order valence-corrected chi connectivity index (χ3v) is 5.93. The van der Waals surface area contributed by atoms with Crippen molar-refractivity contribution in [1.82, 2.24) is 0 Å². The molecule has 7 heteroatoms. The molecule has 33 heavy (non-hydrogen) atoms. The van der Waals surface area contributed by atoms with Crippen LogP contribution in [0.1, 0.15) is 90.2 Å². The van der Waals surface area contributed by atoms with Crippen molar-refractivity contribution in [2.75, 3.05) is 0 Å². The third kappa shape index (κ3) is 4.82. The molecule has 3 unspecified atom stereocenters. The molecule has 3 atom stereocenters. The Morgan fingerprint density at radius 2 is 1.85 bits per heavy atom. The minimum Gasteiger partial charge on any atom is -0.484 e. The Morgan fingerprint density at radius 3 is 2.39 bits per heavy atom. The summed E-state index contributed by atoms with van der Waals surface area (Å²) in [6, 6.07) is 1.46. The van der Waals surface area contributed by atoms with E-state index in [1.54, 1.807) is 0 Å². The van der Waals surface area contributed by atoms with Crippen LogP contribution in [0.3, 0.4) is 0 Å². The van der Waals surface area contributed by atoms with Gasteiger partial charge in [0.05, 0.1) is 10.9 Å². The molecule has 1 aromatic heterocycles. The second-order valence-corrected chi connectivity index (χ2v) is 8.78. The van der Waals surface area contributed by atoms with Crippen molar-refractivity contribution in [3.8, 4) is 11.5 Å². The summed E-state index contributed by atoms with van der Waals surface area (Å²) in [5, 5.41) is 0.671. The number of carbonyl (C=O) groups excluding carboxylic acids is 2. The molecule has 0 saturated carbocycles. The summed E-state index contributed by atoms with van der Waals surface area (Å²) in [7, 11) is 0. The Labute approximate surface area is 193 Å². The highest BCUT2D eigenvalue weighted by Crippen LogP contribution is 2.53. The first kappa shape index (κ1) is 24.6. The van der Waals surface area contributed by atoms with Crippen molar-refractivity contribution < 1.29 is 28.2 Å². The molecule has 0 saturated heterocycles. The number of carbonyl (C=O) groups is 2. The molecule has 1 aromatic carbocycles. The van der Waals surface area contributed by atoms with Crippen LogP contribution in [0.4, 0.5) is 0 Å². The number of hydrogen-bond donors (Lipinski definition) is 0. The molecule has 0 bridgehead atoms. The Kier molecular flexibility index (Phi) is 7.30. The first-order valence-corrected chi connectivity index (χ1v) is 11.4. The van der Waals surface area contributed by atoms with Crippen molar-refractivity contribution in [2.24, 2.45) is 5.92 Å². The maximum Gasteiger partial charge on any atom is 0.336 e. The maximum atomic E-state index is 12.6. The normalized spacial score (nSPS) is 16.2. The highest BCUT2D eigenvalue weighted by Gasteiger charge is 2.38. The van der Waals surface area contributed by atoms with Gasteiger partial charge in [0.25, 0.3) is 0 Å². The van der Waals surface area contributed by atoms with Gasteiger partial charge in [-0.1, -0.05) is 32.4 Å². The molecule has 0 fully saturated rings. The van der Waals surface area contributed by atoms with Crippen molar-refractivity contribution >= 4 is 22.9 Å². The summed E-state index contributed by atoms with van der Waals surface area (Å²) in [4.78, 5) is 36.8. The summed E-state index contributed by atoms with van der Waals surface area (Å²) in [5.41, 5.74) is 2.59. The van der Waals surface area contributed by atoms with Crippen LogP contribution in [0.25, 0.3) is 11.0 Å². The smallest absolute Gasteiger partial charge is 0.336 e. The fourth-order valence-electron chi connectivity index (χ4n) is 4.21. The highest BCUT2D eigenvalue weighted by atomic mass is 16.6. The van der Waals surface area contributed by atoms with Gasteiger partial charge in [0.1, 0.15) is 23.7 Å². The van der Waals surface area contributed by atoms with Crippen LogP contribution < -0.4 is 15.1 Å². The predicted molar refractivity (Wildman–Crippen MR) is 125 cm³/mol. The van der Waals surface area contributed by atoms with Gasteiger partial charge >= 0.3 is 17.6 Å². The molecule has 2 aromatic rings. The third-order valence-electron chi connectivity index (χ3n) is 5.93. The van der Waals surface area contributed by atoms with Gasteiger partial charge in [-0.3, -0.25) is 9.59 Å². The van der Waals surface area contributed by atoms with Crippen LogP contribution in [-0.4, -0.2) is 11.9 Å². The summed E-state index contributed by atoms with van der Waals surface area (Å²) >= 11 is 0. The Balaban J connectivity index is 2.52. The second kappa shape index (κ2) is 9.81. The van der Waals surface area contributed by atoms with Gasteiger partial charge in [0, 0.05) is 31.0 Å². The topological polar surface area (TPSA) is 92.0 Å². The summed E-state index contributed by atoms with van der Waals surface area (Å²) in [6.07, 6.45) is 2.67. The molecule has 2 heterocycles. The molecular formula is C26H32O7. The summed E-state index contributed by atoms with van der Waals surface area (Å²) in [5.74, 6) is -0.375. The number of benzene rings is 1. The van der Waals surface area contributed by atoms with Crippen molar-refractivity contribution in [1.29, 1.82) is 0 Å². The predicted octanol–water partition coefficient (Wildman–Crippen LogP) is 5.72. The van der Waals surface area contributed by atoms with Gasteiger partial charge in [-0.25, -0.2) is 4.79 Å². The lowest BCUT2D eigenvalue weighted by Crippen LogP contribution is -2.19. The Morgan fingerprint density at radius 1 is 1.15 bits per heavy atom. The molecule has 178 valence electrons. The number of rotatable bonds is 8.